The van der Waals surface area contributed by atoms with Crippen molar-refractivity contribution >= 4 is 28.9 Å². The highest BCUT2D eigenvalue weighted by Gasteiger charge is 2.11. The van der Waals surface area contributed by atoms with E-state index < -0.39 is 5.97 Å². The van der Waals surface area contributed by atoms with Crippen molar-refractivity contribution in [3.05, 3.63) is 58.6 Å². The number of hydrogen-bond donors (Lipinski definition) is 1. The van der Waals surface area contributed by atoms with Crippen molar-refractivity contribution in [1.82, 2.24) is 0 Å². The molecule has 0 aliphatic carbocycles. The molecule has 0 aliphatic rings. The van der Waals surface area contributed by atoms with Crippen LogP contribution < -0.4 is 4.90 Å². The molecule has 100 valence electrons. The molecule has 0 unspecified atom stereocenters. The number of aromatic carboxylic acids is 1. The number of carboxylic acids is 1. The Morgan fingerprint density at radius 2 is 1.90 bits per heavy atom. The van der Waals surface area contributed by atoms with E-state index in [1.54, 1.807) is 42.3 Å². The van der Waals surface area contributed by atoms with Gasteiger partial charge in [-0.25, -0.2) is 4.79 Å². The molecule has 0 amide bonds. The molecule has 0 saturated carbocycles. The van der Waals surface area contributed by atoms with E-state index in [0.29, 0.717) is 16.3 Å². The van der Waals surface area contributed by atoms with Gasteiger partial charge in [0.1, 0.15) is 6.07 Å². The maximum atomic E-state index is 10.8. The average molecular weight is 287 g/mol. The molecule has 20 heavy (non-hydrogen) atoms. The third-order valence-corrected chi connectivity index (χ3v) is 3.18. The van der Waals surface area contributed by atoms with Gasteiger partial charge in [-0.15, -0.1) is 0 Å². The Balaban J connectivity index is 2.41. The summed E-state index contributed by atoms with van der Waals surface area (Å²) in [6.07, 6.45) is 0. The van der Waals surface area contributed by atoms with Gasteiger partial charge in [0.25, 0.3) is 0 Å². The first-order valence-corrected chi connectivity index (χ1v) is 6.17. The third-order valence-electron chi connectivity index (χ3n) is 2.94. The molecule has 0 fully saturated rings. The van der Waals surface area contributed by atoms with Gasteiger partial charge >= 0.3 is 5.97 Å². The minimum Gasteiger partial charge on any atom is -0.478 e. The fourth-order valence-electron chi connectivity index (χ4n) is 1.84. The van der Waals surface area contributed by atoms with Crippen LogP contribution in [0.2, 0.25) is 5.02 Å². The molecule has 0 heterocycles. The zero-order valence-electron chi connectivity index (χ0n) is 10.7. The van der Waals surface area contributed by atoms with E-state index in [-0.39, 0.29) is 5.56 Å². The fourth-order valence-corrected chi connectivity index (χ4v) is 2.01. The van der Waals surface area contributed by atoms with Crippen LogP contribution in [0.1, 0.15) is 15.9 Å². The molecule has 1 N–H and O–H groups in total. The molecule has 0 bridgehead atoms. The van der Waals surface area contributed by atoms with Gasteiger partial charge in [0.2, 0.25) is 0 Å². The molecule has 0 radical (unpaired) electrons. The predicted molar refractivity (Wildman–Crippen MR) is 77.6 cm³/mol. The number of nitrogens with zero attached hydrogens (tertiary/aromatic N) is 2. The highest BCUT2D eigenvalue weighted by Crippen LogP contribution is 2.29. The molecule has 0 saturated heterocycles. The zero-order valence-corrected chi connectivity index (χ0v) is 11.4. The summed E-state index contributed by atoms with van der Waals surface area (Å²) in [7, 11) is 1.79. The van der Waals surface area contributed by atoms with Crippen molar-refractivity contribution in [1.29, 1.82) is 5.26 Å². The number of carbonyl (C=O) groups is 1. The minimum atomic E-state index is -0.973. The summed E-state index contributed by atoms with van der Waals surface area (Å²) in [4.78, 5) is 12.6. The Bertz CT molecular complexity index is 690. The Hall–Kier alpha value is -2.51. The number of benzene rings is 2. The Kier molecular flexibility index (Phi) is 3.92. The van der Waals surface area contributed by atoms with Crippen molar-refractivity contribution in [2.75, 3.05) is 11.9 Å². The van der Waals surface area contributed by atoms with E-state index in [1.165, 1.54) is 12.1 Å². The van der Waals surface area contributed by atoms with E-state index >= 15 is 0 Å². The van der Waals surface area contributed by atoms with Gasteiger partial charge in [0.05, 0.1) is 16.8 Å². The maximum Gasteiger partial charge on any atom is 0.335 e. The van der Waals surface area contributed by atoms with E-state index in [0.717, 1.165) is 5.69 Å². The molecule has 0 aromatic heterocycles. The van der Waals surface area contributed by atoms with E-state index in [4.69, 9.17) is 22.0 Å². The predicted octanol–water partition coefficient (Wildman–Crippen LogP) is 3.68. The number of rotatable bonds is 3. The summed E-state index contributed by atoms with van der Waals surface area (Å²) in [6.45, 7) is 0. The molecule has 0 atom stereocenters. The van der Waals surface area contributed by atoms with Gasteiger partial charge in [-0.3, -0.25) is 0 Å². The summed E-state index contributed by atoms with van der Waals surface area (Å²) in [5.74, 6) is -0.973. The fraction of sp³-hybridized carbons (Fsp3) is 0.0667. The lowest BCUT2D eigenvalue weighted by Gasteiger charge is -2.21. The van der Waals surface area contributed by atoms with Crippen LogP contribution in [-0.2, 0) is 0 Å². The van der Waals surface area contributed by atoms with Crippen LogP contribution in [0.15, 0.2) is 42.5 Å². The number of halogens is 1. The molecule has 0 spiro atoms. The normalized spacial score (nSPS) is 9.85. The Morgan fingerprint density at radius 3 is 2.45 bits per heavy atom. The summed E-state index contributed by atoms with van der Waals surface area (Å²) in [6, 6.07) is 13.5. The summed E-state index contributed by atoms with van der Waals surface area (Å²) >= 11 is 5.96. The summed E-state index contributed by atoms with van der Waals surface area (Å²) < 4.78 is 0. The smallest absolute Gasteiger partial charge is 0.335 e. The topological polar surface area (TPSA) is 64.3 Å². The van der Waals surface area contributed by atoms with Gasteiger partial charge in [-0.1, -0.05) is 11.6 Å². The van der Waals surface area contributed by atoms with Crippen LogP contribution in [-0.4, -0.2) is 18.1 Å². The molecule has 5 heteroatoms. The van der Waals surface area contributed by atoms with Crippen LogP contribution in [0.4, 0.5) is 11.4 Å². The van der Waals surface area contributed by atoms with Crippen LogP contribution >= 0.6 is 11.6 Å². The first-order chi connectivity index (χ1) is 9.52. The molecular weight excluding hydrogens is 276 g/mol. The SMILES string of the molecule is CN(c1ccc(C(=O)O)cc1)c1cc(Cl)ccc1C#N. The molecule has 4 nitrogen and oxygen atoms in total. The van der Waals surface area contributed by atoms with Crippen molar-refractivity contribution in [3.63, 3.8) is 0 Å². The average Bonchev–Trinajstić information content (AvgIpc) is 2.46. The Morgan fingerprint density at radius 1 is 1.25 bits per heavy atom. The highest BCUT2D eigenvalue weighted by atomic mass is 35.5. The lowest BCUT2D eigenvalue weighted by molar-refractivity contribution is 0.0697. The van der Waals surface area contributed by atoms with Gasteiger partial charge in [0, 0.05) is 17.8 Å². The van der Waals surface area contributed by atoms with E-state index in [1.807, 2.05) is 0 Å². The van der Waals surface area contributed by atoms with Gasteiger partial charge < -0.3 is 10.0 Å². The molecule has 2 aromatic rings. The number of nitriles is 1. The monoisotopic (exact) mass is 286 g/mol. The third kappa shape index (κ3) is 2.73. The molecule has 2 aromatic carbocycles. The first kappa shape index (κ1) is 13.9. The molecule has 0 aliphatic heterocycles. The van der Waals surface area contributed by atoms with E-state index in [2.05, 4.69) is 6.07 Å². The highest BCUT2D eigenvalue weighted by molar-refractivity contribution is 6.30. The molecule has 2 rings (SSSR count). The summed E-state index contributed by atoms with van der Waals surface area (Å²) in [5.41, 5.74) is 2.16. The van der Waals surface area contributed by atoms with Crippen LogP contribution in [0.3, 0.4) is 0 Å². The van der Waals surface area contributed by atoms with E-state index in [9.17, 15) is 4.79 Å². The Labute approximate surface area is 121 Å². The lowest BCUT2D eigenvalue weighted by Crippen LogP contribution is -2.11. The molecular formula is C15H11ClN2O2. The zero-order chi connectivity index (χ0) is 14.7. The van der Waals surface area contributed by atoms with Crippen molar-refractivity contribution < 1.29 is 9.90 Å². The first-order valence-electron chi connectivity index (χ1n) is 5.79. The van der Waals surface area contributed by atoms with Gasteiger partial charge in [0.15, 0.2) is 0 Å². The second-order valence-corrected chi connectivity index (χ2v) is 4.62. The second kappa shape index (κ2) is 5.64. The van der Waals surface area contributed by atoms with Gasteiger partial charge in [-0.05, 0) is 42.5 Å². The quantitative estimate of drug-likeness (QED) is 0.935. The van der Waals surface area contributed by atoms with Crippen LogP contribution in [0.25, 0.3) is 0 Å². The largest absolute Gasteiger partial charge is 0.478 e. The van der Waals surface area contributed by atoms with Crippen LogP contribution in [0, 0.1) is 11.3 Å². The lowest BCUT2D eigenvalue weighted by atomic mass is 10.1. The maximum absolute atomic E-state index is 10.8. The standard InChI is InChI=1S/C15H11ClN2O2/c1-18(13-6-3-10(4-7-13)15(19)20)14-8-12(16)5-2-11(14)9-17/h2-8H,1H3,(H,19,20). The number of carboxylic acid groups (broad SMARTS) is 1. The van der Waals surface area contributed by atoms with Crippen molar-refractivity contribution in [3.8, 4) is 6.07 Å². The van der Waals surface area contributed by atoms with Crippen molar-refractivity contribution in [2.45, 2.75) is 0 Å². The minimum absolute atomic E-state index is 0.216. The number of anilines is 2. The summed E-state index contributed by atoms with van der Waals surface area (Å²) in [5, 5.41) is 18.5. The second-order valence-electron chi connectivity index (χ2n) is 4.18. The number of hydrogen-bond acceptors (Lipinski definition) is 3. The van der Waals surface area contributed by atoms with Gasteiger partial charge in [-0.2, -0.15) is 5.26 Å². The van der Waals surface area contributed by atoms with Crippen molar-refractivity contribution in [2.24, 2.45) is 0 Å². The van der Waals surface area contributed by atoms with Crippen LogP contribution in [0.5, 0.6) is 0 Å².